The Balaban J connectivity index is 1.92. The Hall–Kier alpha value is -2.57. The highest BCUT2D eigenvalue weighted by Crippen LogP contribution is 2.15. The van der Waals surface area contributed by atoms with E-state index in [2.05, 4.69) is 10.2 Å². The van der Waals surface area contributed by atoms with Crippen LogP contribution in [-0.2, 0) is 13.6 Å². The molecule has 92 valence electrons. The van der Waals surface area contributed by atoms with Crippen molar-refractivity contribution >= 4 is 0 Å². The molecule has 0 aromatic carbocycles. The summed E-state index contributed by atoms with van der Waals surface area (Å²) < 4.78 is 13.0. The molecule has 3 aromatic rings. The molecule has 18 heavy (non-hydrogen) atoms. The van der Waals surface area contributed by atoms with Crippen LogP contribution in [0.15, 0.2) is 44.4 Å². The van der Waals surface area contributed by atoms with E-state index in [-0.39, 0.29) is 5.89 Å². The lowest BCUT2D eigenvalue weighted by molar-refractivity contribution is 0.476. The second-order valence-electron chi connectivity index (χ2n) is 3.83. The van der Waals surface area contributed by atoms with Crippen molar-refractivity contribution in [2.45, 2.75) is 6.54 Å². The molecule has 0 atom stereocenters. The van der Waals surface area contributed by atoms with Crippen LogP contribution in [0, 0.1) is 0 Å². The maximum Gasteiger partial charge on any atom is 0.437 e. The number of rotatable bonds is 3. The van der Waals surface area contributed by atoms with E-state index in [1.807, 2.05) is 13.2 Å². The molecule has 0 fully saturated rings. The number of aromatic nitrogens is 4. The van der Waals surface area contributed by atoms with Gasteiger partial charge in [-0.25, -0.2) is 4.79 Å². The lowest BCUT2D eigenvalue weighted by Crippen LogP contribution is -2.16. The predicted molar refractivity (Wildman–Crippen MR) is 60.8 cm³/mol. The van der Waals surface area contributed by atoms with Gasteiger partial charge in [-0.1, -0.05) is 0 Å². The SMILES string of the molecule is Cn1cc(Cn2nc(-c3ccco3)oc2=O)cn1. The second-order valence-corrected chi connectivity index (χ2v) is 3.83. The highest BCUT2D eigenvalue weighted by Gasteiger charge is 2.12. The van der Waals surface area contributed by atoms with Crippen LogP contribution in [0.25, 0.3) is 11.7 Å². The van der Waals surface area contributed by atoms with Gasteiger partial charge in [-0.2, -0.15) is 9.78 Å². The normalized spacial score (nSPS) is 10.9. The van der Waals surface area contributed by atoms with Crippen molar-refractivity contribution in [1.29, 1.82) is 0 Å². The Morgan fingerprint density at radius 2 is 2.33 bits per heavy atom. The monoisotopic (exact) mass is 246 g/mol. The Kier molecular flexibility index (Phi) is 2.36. The predicted octanol–water partition coefficient (Wildman–Crippen LogP) is 0.878. The minimum atomic E-state index is -0.523. The van der Waals surface area contributed by atoms with Crippen molar-refractivity contribution in [2.75, 3.05) is 0 Å². The van der Waals surface area contributed by atoms with E-state index < -0.39 is 5.76 Å². The quantitative estimate of drug-likeness (QED) is 0.685. The number of furan rings is 1. The van der Waals surface area contributed by atoms with Gasteiger partial charge in [0.15, 0.2) is 5.76 Å². The molecule has 0 radical (unpaired) electrons. The first-order valence-corrected chi connectivity index (χ1v) is 5.32. The zero-order chi connectivity index (χ0) is 12.5. The number of nitrogens with zero attached hydrogens (tertiary/aromatic N) is 4. The summed E-state index contributed by atoms with van der Waals surface area (Å²) in [4.78, 5) is 11.6. The van der Waals surface area contributed by atoms with E-state index in [4.69, 9.17) is 8.83 Å². The molecule has 0 bridgehead atoms. The summed E-state index contributed by atoms with van der Waals surface area (Å²) in [5, 5.41) is 8.09. The smallest absolute Gasteiger partial charge is 0.437 e. The average Bonchev–Trinajstić information content (AvgIpc) is 3.02. The van der Waals surface area contributed by atoms with Crippen molar-refractivity contribution in [1.82, 2.24) is 19.6 Å². The first-order valence-electron chi connectivity index (χ1n) is 5.32. The third-order valence-electron chi connectivity index (χ3n) is 2.43. The molecule has 3 aromatic heterocycles. The van der Waals surface area contributed by atoms with E-state index in [0.29, 0.717) is 12.3 Å². The van der Waals surface area contributed by atoms with Crippen LogP contribution in [0.5, 0.6) is 0 Å². The van der Waals surface area contributed by atoms with Gasteiger partial charge in [-0.05, 0) is 12.1 Å². The largest absolute Gasteiger partial charge is 0.459 e. The Bertz CT molecular complexity index is 705. The molecule has 7 heteroatoms. The average molecular weight is 246 g/mol. The van der Waals surface area contributed by atoms with E-state index in [9.17, 15) is 4.79 Å². The fourth-order valence-corrected chi connectivity index (χ4v) is 1.63. The number of hydrogen-bond acceptors (Lipinski definition) is 5. The van der Waals surface area contributed by atoms with Crippen LogP contribution in [0.4, 0.5) is 0 Å². The fraction of sp³-hybridized carbons (Fsp3) is 0.182. The standard InChI is InChI=1S/C11H10N4O3/c1-14-6-8(5-12-14)7-15-11(16)18-10(13-15)9-3-2-4-17-9/h2-6H,7H2,1H3. The third kappa shape index (κ3) is 1.86. The Morgan fingerprint density at radius 3 is 3.00 bits per heavy atom. The summed E-state index contributed by atoms with van der Waals surface area (Å²) in [5.41, 5.74) is 0.874. The Labute approximate surface area is 101 Å². The lowest BCUT2D eigenvalue weighted by Gasteiger charge is -1.92. The van der Waals surface area contributed by atoms with Crippen molar-refractivity contribution in [3.63, 3.8) is 0 Å². The molecule has 0 spiro atoms. The van der Waals surface area contributed by atoms with Crippen LogP contribution < -0.4 is 5.76 Å². The van der Waals surface area contributed by atoms with Gasteiger partial charge in [0.25, 0.3) is 5.89 Å². The summed E-state index contributed by atoms with van der Waals surface area (Å²) in [6.45, 7) is 0.316. The molecule has 3 rings (SSSR count). The van der Waals surface area contributed by atoms with Crippen molar-refractivity contribution in [3.8, 4) is 11.7 Å². The van der Waals surface area contributed by atoms with Gasteiger partial charge in [0, 0.05) is 18.8 Å². The topological polar surface area (TPSA) is 79.0 Å². The molecule has 7 nitrogen and oxygen atoms in total. The summed E-state index contributed by atoms with van der Waals surface area (Å²) in [6.07, 6.45) is 4.98. The maximum atomic E-state index is 11.6. The molecule has 0 aliphatic heterocycles. The van der Waals surface area contributed by atoms with Crippen molar-refractivity contribution < 1.29 is 8.83 Å². The van der Waals surface area contributed by atoms with Crippen LogP contribution in [0.3, 0.4) is 0 Å². The third-order valence-corrected chi connectivity index (χ3v) is 2.43. The first-order chi connectivity index (χ1) is 8.72. The fourth-order valence-electron chi connectivity index (χ4n) is 1.63. The van der Waals surface area contributed by atoms with Crippen molar-refractivity contribution in [3.05, 3.63) is 46.9 Å². The van der Waals surface area contributed by atoms with Gasteiger partial charge >= 0.3 is 5.76 Å². The number of hydrogen-bond donors (Lipinski definition) is 0. The maximum absolute atomic E-state index is 11.6. The molecular formula is C11H10N4O3. The molecule has 0 amide bonds. The van der Waals surface area contributed by atoms with Crippen molar-refractivity contribution in [2.24, 2.45) is 7.05 Å². The summed E-state index contributed by atoms with van der Waals surface area (Å²) in [5.74, 6) is 0.0798. The van der Waals surface area contributed by atoms with Gasteiger partial charge in [0.1, 0.15) is 0 Å². The van der Waals surface area contributed by atoms with E-state index in [0.717, 1.165) is 5.56 Å². The molecule has 0 unspecified atom stereocenters. The number of aryl methyl sites for hydroxylation is 1. The summed E-state index contributed by atoms with van der Waals surface area (Å²) in [6, 6.07) is 3.38. The second kappa shape index (κ2) is 4.02. The van der Waals surface area contributed by atoms with E-state index >= 15 is 0 Å². The highest BCUT2D eigenvalue weighted by molar-refractivity contribution is 5.42. The lowest BCUT2D eigenvalue weighted by atomic mass is 10.4. The van der Waals surface area contributed by atoms with E-state index in [1.54, 1.807) is 23.0 Å². The molecule has 0 N–H and O–H groups in total. The van der Waals surface area contributed by atoms with Gasteiger partial charge in [-0.15, -0.1) is 5.10 Å². The zero-order valence-electron chi connectivity index (χ0n) is 9.61. The minimum Gasteiger partial charge on any atom is -0.459 e. The van der Waals surface area contributed by atoms with Gasteiger partial charge in [0.2, 0.25) is 0 Å². The highest BCUT2D eigenvalue weighted by atomic mass is 16.4. The molecule has 0 saturated carbocycles. The van der Waals surface area contributed by atoms with Crippen LogP contribution in [0.1, 0.15) is 5.56 Å². The molecule has 0 aliphatic carbocycles. The summed E-state index contributed by atoms with van der Waals surface area (Å²) in [7, 11) is 1.81. The van der Waals surface area contributed by atoms with Gasteiger partial charge < -0.3 is 8.83 Å². The molecular weight excluding hydrogens is 236 g/mol. The van der Waals surface area contributed by atoms with Gasteiger partial charge in [0.05, 0.1) is 19.0 Å². The summed E-state index contributed by atoms with van der Waals surface area (Å²) >= 11 is 0. The molecule has 0 saturated heterocycles. The van der Waals surface area contributed by atoms with Crippen LogP contribution >= 0.6 is 0 Å². The first kappa shape index (κ1) is 10.6. The molecule has 0 aliphatic rings. The van der Waals surface area contributed by atoms with E-state index in [1.165, 1.54) is 10.9 Å². The van der Waals surface area contributed by atoms with Crippen LogP contribution in [0.2, 0.25) is 0 Å². The minimum absolute atomic E-state index is 0.175. The van der Waals surface area contributed by atoms with Crippen LogP contribution in [-0.4, -0.2) is 19.6 Å². The Morgan fingerprint density at radius 1 is 1.44 bits per heavy atom. The van der Waals surface area contributed by atoms with Gasteiger partial charge in [-0.3, -0.25) is 4.68 Å². The molecule has 3 heterocycles. The zero-order valence-corrected chi connectivity index (χ0v) is 9.61.